The molecule has 3 aromatic heterocycles. The van der Waals surface area contributed by atoms with Crippen molar-refractivity contribution < 1.29 is 4.79 Å². The highest BCUT2D eigenvalue weighted by Crippen LogP contribution is 2.21. The molecule has 0 bridgehead atoms. The van der Waals surface area contributed by atoms with Gasteiger partial charge in [-0.3, -0.25) is 9.78 Å². The fourth-order valence-electron chi connectivity index (χ4n) is 2.20. The fourth-order valence-corrected chi connectivity index (χ4v) is 3.83. The molecule has 3 rings (SSSR count). The van der Waals surface area contributed by atoms with Gasteiger partial charge in [0.2, 0.25) is 17.0 Å². The van der Waals surface area contributed by atoms with Crippen LogP contribution in [0, 0.1) is 6.92 Å². The second-order valence-electron chi connectivity index (χ2n) is 5.39. The van der Waals surface area contributed by atoms with Crippen LogP contribution in [0.2, 0.25) is 0 Å². The molecule has 0 unspecified atom stereocenters. The number of amides is 1. The Bertz CT molecular complexity index is 832. The number of anilines is 1. The first-order valence-corrected chi connectivity index (χ1v) is 9.49. The molecule has 1 amide bonds. The van der Waals surface area contributed by atoms with E-state index in [1.165, 1.54) is 22.2 Å². The predicted octanol–water partition coefficient (Wildman–Crippen LogP) is 2.47. The maximum absolute atomic E-state index is 12.8. The average Bonchev–Trinajstić information content (AvgIpc) is 3.21. The molecule has 25 heavy (non-hydrogen) atoms. The Balaban J connectivity index is 1.70. The van der Waals surface area contributed by atoms with Crippen molar-refractivity contribution in [3.05, 3.63) is 52.0 Å². The number of thiophene rings is 1. The number of carbonyl (C=O) groups excluding carboxylic acids is 1. The summed E-state index contributed by atoms with van der Waals surface area (Å²) in [7, 11) is 0. The Labute approximate surface area is 153 Å². The number of thioether (sulfide) groups is 1. The Hall–Kier alpha value is -2.39. The molecule has 0 aliphatic heterocycles. The summed E-state index contributed by atoms with van der Waals surface area (Å²) in [4.78, 5) is 24.1. The van der Waals surface area contributed by atoms with Gasteiger partial charge in [-0.1, -0.05) is 17.8 Å². The van der Waals surface area contributed by atoms with Crippen LogP contribution in [0.4, 0.5) is 5.95 Å². The van der Waals surface area contributed by atoms with Crippen LogP contribution in [0.15, 0.2) is 41.0 Å². The molecule has 0 saturated carbocycles. The van der Waals surface area contributed by atoms with Gasteiger partial charge in [-0.05, 0) is 36.1 Å². The zero-order valence-corrected chi connectivity index (χ0v) is 15.3. The third-order valence-corrected chi connectivity index (χ3v) is 5.38. The van der Waals surface area contributed by atoms with Crippen LogP contribution < -0.4 is 5.73 Å². The number of hydrogen-bond donors (Lipinski definition) is 2. The van der Waals surface area contributed by atoms with E-state index in [0.29, 0.717) is 18.2 Å². The van der Waals surface area contributed by atoms with Crippen molar-refractivity contribution in [2.24, 2.45) is 0 Å². The van der Waals surface area contributed by atoms with Gasteiger partial charge in [0.15, 0.2) is 0 Å². The van der Waals surface area contributed by atoms with Crippen molar-refractivity contribution in [1.82, 2.24) is 25.1 Å². The molecular formula is C16H18N6OS2. The largest absolute Gasteiger partial charge is 0.368 e. The normalized spacial score (nSPS) is 10.8. The van der Waals surface area contributed by atoms with Gasteiger partial charge in [0.1, 0.15) is 0 Å². The van der Waals surface area contributed by atoms with Crippen LogP contribution in [0.5, 0.6) is 0 Å². The van der Waals surface area contributed by atoms with E-state index in [0.717, 1.165) is 5.69 Å². The summed E-state index contributed by atoms with van der Waals surface area (Å²) in [6.45, 7) is 3.09. The summed E-state index contributed by atoms with van der Waals surface area (Å²) >= 11 is 2.92. The van der Waals surface area contributed by atoms with Gasteiger partial charge in [0.05, 0.1) is 24.5 Å². The maximum atomic E-state index is 12.8. The Morgan fingerprint density at radius 3 is 2.88 bits per heavy atom. The lowest BCUT2D eigenvalue weighted by atomic mass is 10.2. The van der Waals surface area contributed by atoms with Gasteiger partial charge in [0.25, 0.3) is 0 Å². The minimum Gasteiger partial charge on any atom is -0.368 e. The molecule has 130 valence electrons. The van der Waals surface area contributed by atoms with Gasteiger partial charge in [-0.15, -0.1) is 16.4 Å². The first-order chi connectivity index (χ1) is 12.1. The number of nitrogens with one attached hydrogen (secondary N) is 1. The second kappa shape index (κ2) is 8.13. The van der Waals surface area contributed by atoms with Gasteiger partial charge in [0, 0.05) is 11.1 Å². The lowest BCUT2D eigenvalue weighted by Crippen LogP contribution is -2.31. The zero-order chi connectivity index (χ0) is 17.6. The molecular weight excluding hydrogens is 356 g/mol. The summed E-state index contributed by atoms with van der Waals surface area (Å²) < 4.78 is 0. The molecule has 7 nitrogen and oxygen atoms in total. The molecule has 0 aliphatic rings. The highest BCUT2D eigenvalue weighted by atomic mass is 32.2. The SMILES string of the molecule is Cc1ccsc1CN(Cc1ccccn1)C(=O)CSc1n[nH]c(N)n1. The highest BCUT2D eigenvalue weighted by molar-refractivity contribution is 7.99. The van der Waals surface area contributed by atoms with Gasteiger partial charge in [-0.2, -0.15) is 4.98 Å². The highest BCUT2D eigenvalue weighted by Gasteiger charge is 2.18. The zero-order valence-electron chi connectivity index (χ0n) is 13.7. The lowest BCUT2D eigenvalue weighted by Gasteiger charge is -2.22. The fraction of sp³-hybridized carbons (Fsp3) is 0.250. The number of hydrogen-bond acceptors (Lipinski definition) is 7. The van der Waals surface area contributed by atoms with Crippen molar-refractivity contribution in [3.8, 4) is 0 Å². The van der Waals surface area contributed by atoms with Crippen LogP contribution in [0.1, 0.15) is 16.1 Å². The lowest BCUT2D eigenvalue weighted by molar-refractivity contribution is -0.129. The monoisotopic (exact) mass is 374 g/mol. The molecule has 0 spiro atoms. The quantitative estimate of drug-likeness (QED) is 0.616. The van der Waals surface area contributed by atoms with Crippen molar-refractivity contribution in [3.63, 3.8) is 0 Å². The standard InChI is InChI=1S/C16H18N6OS2/c1-11-5-7-24-13(11)9-22(8-12-4-2-3-6-18-12)14(23)10-25-16-19-15(17)20-21-16/h2-7H,8-10H2,1H3,(H3,17,19,20,21). The number of nitrogens with zero attached hydrogens (tertiary/aromatic N) is 4. The van der Waals surface area contributed by atoms with Crippen molar-refractivity contribution in [2.45, 2.75) is 25.2 Å². The summed E-state index contributed by atoms with van der Waals surface area (Å²) in [6, 6.07) is 7.77. The summed E-state index contributed by atoms with van der Waals surface area (Å²) in [5, 5.41) is 9.02. The molecule has 0 radical (unpaired) electrons. The van der Waals surface area contributed by atoms with E-state index < -0.39 is 0 Å². The van der Waals surface area contributed by atoms with Crippen LogP contribution in [-0.4, -0.2) is 36.7 Å². The van der Waals surface area contributed by atoms with Crippen LogP contribution in [-0.2, 0) is 17.9 Å². The van der Waals surface area contributed by atoms with E-state index in [1.807, 2.05) is 28.5 Å². The molecule has 0 aliphatic carbocycles. The van der Waals surface area contributed by atoms with E-state index in [9.17, 15) is 4.79 Å². The average molecular weight is 374 g/mol. The number of rotatable bonds is 7. The Kier molecular flexibility index (Phi) is 5.67. The molecule has 0 saturated heterocycles. The van der Waals surface area contributed by atoms with E-state index in [-0.39, 0.29) is 17.6 Å². The predicted molar refractivity (Wildman–Crippen MR) is 99.1 cm³/mol. The first kappa shape index (κ1) is 17.4. The topological polar surface area (TPSA) is 101 Å². The first-order valence-electron chi connectivity index (χ1n) is 7.63. The number of pyridine rings is 1. The van der Waals surface area contributed by atoms with Crippen molar-refractivity contribution >= 4 is 35.0 Å². The Morgan fingerprint density at radius 2 is 2.24 bits per heavy atom. The number of nitrogens with two attached hydrogens (primary N) is 1. The van der Waals surface area contributed by atoms with E-state index in [4.69, 9.17) is 5.73 Å². The number of nitrogen functional groups attached to an aromatic ring is 1. The summed E-state index contributed by atoms with van der Waals surface area (Å²) in [6.07, 6.45) is 1.74. The summed E-state index contributed by atoms with van der Waals surface area (Å²) in [5.41, 5.74) is 7.56. The Morgan fingerprint density at radius 1 is 1.36 bits per heavy atom. The van der Waals surface area contributed by atoms with Crippen LogP contribution >= 0.6 is 23.1 Å². The molecule has 9 heteroatoms. The third-order valence-electron chi connectivity index (χ3n) is 3.54. The number of aromatic amines is 1. The van der Waals surface area contributed by atoms with Crippen LogP contribution in [0.25, 0.3) is 0 Å². The van der Waals surface area contributed by atoms with E-state index >= 15 is 0 Å². The smallest absolute Gasteiger partial charge is 0.233 e. The molecule has 0 atom stereocenters. The number of H-pyrrole nitrogens is 1. The minimum atomic E-state index is 0.00632. The molecule has 0 aromatic carbocycles. The number of aromatic nitrogens is 4. The maximum Gasteiger partial charge on any atom is 0.233 e. The second-order valence-corrected chi connectivity index (χ2v) is 7.33. The molecule has 3 aromatic rings. The number of carbonyl (C=O) groups is 1. The van der Waals surface area contributed by atoms with Crippen LogP contribution in [0.3, 0.4) is 0 Å². The van der Waals surface area contributed by atoms with Gasteiger partial charge >= 0.3 is 0 Å². The van der Waals surface area contributed by atoms with E-state index in [1.54, 1.807) is 17.5 Å². The third kappa shape index (κ3) is 4.80. The molecule has 0 fully saturated rings. The van der Waals surface area contributed by atoms with Gasteiger partial charge in [-0.25, -0.2) is 5.10 Å². The minimum absolute atomic E-state index is 0.00632. The molecule has 3 N–H and O–H groups in total. The molecule has 3 heterocycles. The van der Waals surface area contributed by atoms with Gasteiger partial charge < -0.3 is 10.6 Å². The summed E-state index contributed by atoms with van der Waals surface area (Å²) in [5.74, 6) is 0.496. The van der Waals surface area contributed by atoms with E-state index in [2.05, 4.69) is 33.2 Å². The number of aryl methyl sites for hydroxylation is 1. The van der Waals surface area contributed by atoms with Crippen molar-refractivity contribution in [2.75, 3.05) is 11.5 Å². The van der Waals surface area contributed by atoms with Crippen molar-refractivity contribution in [1.29, 1.82) is 0 Å².